The van der Waals surface area contributed by atoms with E-state index in [1.165, 1.54) is 24.3 Å². The van der Waals surface area contributed by atoms with Crippen molar-refractivity contribution >= 4 is 5.91 Å². The van der Waals surface area contributed by atoms with Gasteiger partial charge in [0.1, 0.15) is 5.75 Å². The highest BCUT2D eigenvalue weighted by atomic mass is 19.4. The van der Waals surface area contributed by atoms with E-state index < -0.39 is 24.3 Å². The highest BCUT2D eigenvalue weighted by Gasteiger charge is 2.34. The summed E-state index contributed by atoms with van der Waals surface area (Å²) in [5, 5.41) is 0. The Hall–Kier alpha value is -3.08. The number of rotatable bonds is 3. The van der Waals surface area contributed by atoms with E-state index in [1.54, 1.807) is 0 Å². The molecule has 0 aliphatic rings. The number of primary amides is 1. The van der Waals surface area contributed by atoms with Crippen LogP contribution in [0.25, 0.3) is 11.1 Å². The van der Waals surface area contributed by atoms with Gasteiger partial charge in [-0.3, -0.25) is 4.79 Å². The molecule has 0 atom stereocenters. The molecule has 0 heterocycles. The van der Waals surface area contributed by atoms with E-state index in [0.717, 1.165) is 18.2 Å². The SMILES string of the molecule is NC(=O)C#Cc1ccc(-c2cccc(OC(F)F)c2)c(C(F)(F)F)c1. The molecule has 0 saturated heterocycles. The summed E-state index contributed by atoms with van der Waals surface area (Å²) < 4.78 is 68.7. The van der Waals surface area contributed by atoms with Gasteiger partial charge < -0.3 is 10.5 Å². The first-order valence-corrected chi connectivity index (χ1v) is 6.75. The number of hydrogen-bond acceptors (Lipinski definition) is 2. The predicted octanol–water partition coefficient (Wildman–Crippen LogP) is 3.81. The summed E-state index contributed by atoms with van der Waals surface area (Å²) in [6.07, 6.45) is -4.72. The molecule has 0 saturated carbocycles. The molecule has 0 fully saturated rings. The van der Waals surface area contributed by atoms with Gasteiger partial charge in [0.25, 0.3) is 5.91 Å². The van der Waals surface area contributed by atoms with Crippen LogP contribution in [0.3, 0.4) is 0 Å². The Labute approximate surface area is 139 Å². The Balaban J connectivity index is 2.54. The first kappa shape index (κ1) is 18.3. The van der Waals surface area contributed by atoms with Crippen LogP contribution in [0.1, 0.15) is 11.1 Å². The van der Waals surface area contributed by atoms with Gasteiger partial charge >= 0.3 is 12.8 Å². The summed E-state index contributed by atoms with van der Waals surface area (Å²) in [6, 6.07) is 8.06. The number of nitrogens with two attached hydrogens (primary N) is 1. The molecule has 130 valence electrons. The Morgan fingerprint density at radius 1 is 1.12 bits per heavy atom. The van der Waals surface area contributed by atoms with E-state index in [2.05, 4.69) is 10.7 Å². The molecule has 2 aromatic rings. The topological polar surface area (TPSA) is 52.3 Å². The normalized spacial score (nSPS) is 11.0. The molecule has 0 aliphatic carbocycles. The van der Waals surface area contributed by atoms with Crippen LogP contribution >= 0.6 is 0 Å². The zero-order valence-electron chi connectivity index (χ0n) is 12.4. The van der Waals surface area contributed by atoms with Crippen molar-refractivity contribution in [3.63, 3.8) is 0 Å². The lowest BCUT2D eigenvalue weighted by molar-refractivity contribution is -0.137. The molecule has 2 N–H and O–H groups in total. The number of amides is 1. The molecule has 1 amide bonds. The van der Waals surface area contributed by atoms with Crippen molar-refractivity contribution in [2.75, 3.05) is 0 Å². The second-order valence-electron chi connectivity index (χ2n) is 4.78. The van der Waals surface area contributed by atoms with Crippen LogP contribution in [0.15, 0.2) is 42.5 Å². The van der Waals surface area contributed by atoms with Gasteiger partial charge in [0, 0.05) is 5.56 Å². The van der Waals surface area contributed by atoms with Crippen LogP contribution in [-0.2, 0) is 11.0 Å². The number of carbonyl (C=O) groups is 1. The highest BCUT2D eigenvalue weighted by molar-refractivity contribution is 5.92. The van der Waals surface area contributed by atoms with Gasteiger partial charge in [-0.2, -0.15) is 22.0 Å². The Kier molecular flexibility index (Phi) is 5.27. The summed E-state index contributed by atoms with van der Waals surface area (Å²) >= 11 is 0. The molecule has 25 heavy (non-hydrogen) atoms. The van der Waals surface area contributed by atoms with Crippen molar-refractivity contribution in [3.8, 4) is 28.7 Å². The van der Waals surface area contributed by atoms with E-state index in [1.807, 2.05) is 5.92 Å². The molecular weight excluding hydrogens is 345 g/mol. The lowest BCUT2D eigenvalue weighted by atomic mass is 9.97. The maximum atomic E-state index is 13.3. The lowest BCUT2D eigenvalue weighted by Crippen LogP contribution is -2.08. The van der Waals surface area contributed by atoms with Crippen molar-refractivity contribution in [3.05, 3.63) is 53.6 Å². The molecule has 2 aromatic carbocycles. The Morgan fingerprint density at radius 3 is 2.44 bits per heavy atom. The zero-order valence-corrected chi connectivity index (χ0v) is 12.4. The summed E-state index contributed by atoms with van der Waals surface area (Å²) in [6.45, 7) is -3.09. The maximum absolute atomic E-state index is 13.3. The van der Waals surface area contributed by atoms with Crippen LogP contribution in [-0.4, -0.2) is 12.5 Å². The average molecular weight is 355 g/mol. The van der Waals surface area contributed by atoms with Crippen molar-refractivity contribution in [2.45, 2.75) is 12.8 Å². The minimum Gasteiger partial charge on any atom is -0.435 e. The van der Waals surface area contributed by atoms with Crippen molar-refractivity contribution in [1.82, 2.24) is 0 Å². The summed E-state index contributed by atoms with van der Waals surface area (Å²) in [7, 11) is 0. The number of halogens is 5. The van der Waals surface area contributed by atoms with Crippen LogP contribution in [0.2, 0.25) is 0 Å². The molecule has 3 nitrogen and oxygen atoms in total. The predicted molar refractivity (Wildman–Crippen MR) is 79.6 cm³/mol. The fourth-order valence-electron chi connectivity index (χ4n) is 2.08. The van der Waals surface area contributed by atoms with Crippen LogP contribution in [0.5, 0.6) is 5.75 Å². The van der Waals surface area contributed by atoms with Crippen molar-refractivity contribution in [1.29, 1.82) is 0 Å². The van der Waals surface area contributed by atoms with Gasteiger partial charge in [-0.05, 0) is 41.3 Å². The fourth-order valence-corrected chi connectivity index (χ4v) is 2.08. The smallest absolute Gasteiger partial charge is 0.417 e. The van der Waals surface area contributed by atoms with Crippen LogP contribution in [0, 0.1) is 11.8 Å². The van der Waals surface area contributed by atoms with Gasteiger partial charge in [0.05, 0.1) is 5.56 Å². The first-order chi connectivity index (χ1) is 11.7. The van der Waals surface area contributed by atoms with Crippen LogP contribution < -0.4 is 10.5 Å². The Bertz CT molecular complexity index is 850. The number of hydrogen-bond donors (Lipinski definition) is 1. The zero-order chi connectivity index (χ0) is 18.6. The Morgan fingerprint density at radius 2 is 1.84 bits per heavy atom. The highest BCUT2D eigenvalue weighted by Crippen LogP contribution is 2.38. The lowest BCUT2D eigenvalue weighted by Gasteiger charge is -2.14. The average Bonchev–Trinajstić information content (AvgIpc) is 2.51. The van der Waals surface area contributed by atoms with Crippen molar-refractivity contribution in [2.24, 2.45) is 5.73 Å². The summed E-state index contributed by atoms with van der Waals surface area (Å²) in [4.78, 5) is 10.6. The molecule has 0 radical (unpaired) electrons. The number of ether oxygens (including phenoxy) is 1. The number of carbonyl (C=O) groups excluding carboxylic acids is 1. The molecule has 0 spiro atoms. The van der Waals surface area contributed by atoms with Gasteiger partial charge in [-0.25, -0.2) is 0 Å². The number of alkyl halides is 5. The van der Waals surface area contributed by atoms with E-state index in [0.29, 0.717) is 0 Å². The van der Waals surface area contributed by atoms with Crippen LogP contribution in [0.4, 0.5) is 22.0 Å². The van der Waals surface area contributed by atoms with Gasteiger partial charge in [0.15, 0.2) is 0 Å². The van der Waals surface area contributed by atoms with Crippen molar-refractivity contribution < 1.29 is 31.5 Å². The monoisotopic (exact) mass is 355 g/mol. The van der Waals surface area contributed by atoms with Gasteiger partial charge in [-0.1, -0.05) is 24.1 Å². The minimum absolute atomic E-state index is 0.0416. The largest absolute Gasteiger partial charge is 0.435 e. The molecule has 0 aliphatic heterocycles. The molecule has 8 heteroatoms. The molecule has 2 rings (SSSR count). The molecule has 0 unspecified atom stereocenters. The molecule has 0 aromatic heterocycles. The standard InChI is InChI=1S/C17H10F5NO2/c18-16(19)25-12-3-1-2-11(9-12)13-6-4-10(5-7-15(23)24)8-14(13)17(20,21)22/h1-4,6,8-9,16H,(H2,23,24). The van der Waals surface area contributed by atoms with E-state index in [9.17, 15) is 26.7 Å². The van der Waals surface area contributed by atoms with E-state index in [4.69, 9.17) is 5.73 Å². The second kappa shape index (κ2) is 7.21. The maximum Gasteiger partial charge on any atom is 0.417 e. The fraction of sp³-hybridized carbons (Fsp3) is 0.118. The summed E-state index contributed by atoms with van der Waals surface area (Å²) in [5.41, 5.74) is 3.54. The minimum atomic E-state index is -4.72. The third-order valence-corrected chi connectivity index (χ3v) is 3.03. The van der Waals surface area contributed by atoms with E-state index >= 15 is 0 Å². The first-order valence-electron chi connectivity index (χ1n) is 6.75. The molecular formula is C17H10F5NO2. The third kappa shape index (κ3) is 4.94. The van der Waals surface area contributed by atoms with Gasteiger partial charge in [0.2, 0.25) is 0 Å². The number of benzene rings is 2. The quantitative estimate of drug-likeness (QED) is 0.672. The second-order valence-corrected chi connectivity index (χ2v) is 4.78. The third-order valence-electron chi connectivity index (χ3n) is 3.03. The molecule has 0 bridgehead atoms. The summed E-state index contributed by atoms with van der Waals surface area (Å²) in [5.74, 6) is 2.93. The van der Waals surface area contributed by atoms with E-state index in [-0.39, 0.29) is 22.4 Å². The van der Waals surface area contributed by atoms with Gasteiger partial charge in [-0.15, -0.1) is 0 Å².